The molecule has 1 atom stereocenters. The highest BCUT2D eigenvalue weighted by atomic mass is 16.2. The second kappa shape index (κ2) is 7.23. The first-order valence-corrected chi connectivity index (χ1v) is 8.68. The maximum Gasteiger partial charge on any atom is 0.251 e. The van der Waals surface area contributed by atoms with Crippen LogP contribution in [0.1, 0.15) is 36.0 Å². The first-order valence-electron chi connectivity index (χ1n) is 8.68. The van der Waals surface area contributed by atoms with Crippen molar-refractivity contribution >= 4 is 23.4 Å². The standard InChI is InChI=1S/C18H24N4O3/c19-15(23)4-7-21-16(24)12-2-1-3-13(10-12)22-17(25)14-11-18(14)5-8-20-9-6-18/h1-3,10,14,20H,4-9,11H2,(H2,19,23)(H,21,24)(H,22,25). The zero-order valence-corrected chi connectivity index (χ0v) is 14.1. The van der Waals surface area contributed by atoms with Crippen molar-refractivity contribution in [3.63, 3.8) is 0 Å². The summed E-state index contributed by atoms with van der Waals surface area (Å²) in [7, 11) is 0. The molecule has 1 heterocycles. The molecule has 3 rings (SSSR count). The van der Waals surface area contributed by atoms with Crippen molar-refractivity contribution in [2.45, 2.75) is 25.7 Å². The molecule has 1 saturated carbocycles. The van der Waals surface area contributed by atoms with Gasteiger partial charge in [0.2, 0.25) is 11.8 Å². The average molecular weight is 344 g/mol. The van der Waals surface area contributed by atoms with Crippen molar-refractivity contribution < 1.29 is 14.4 Å². The van der Waals surface area contributed by atoms with Gasteiger partial charge < -0.3 is 21.7 Å². The van der Waals surface area contributed by atoms with E-state index in [1.54, 1.807) is 24.3 Å². The largest absolute Gasteiger partial charge is 0.370 e. The van der Waals surface area contributed by atoms with Gasteiger partial charge in [-0.1, -0.05) is 6.07 Å². The number of carbonyl (C=O) groups is 3. The van der Waals surface area contributed by atoms with Gasteiger partial charge in [0.05, 0.1) is 0 Å². The van der Waals surface area contributed by atoms with Gasteiger partial charge in [-0.25, -0.2) is 0 Å². The smallest absolute Gasteiger partial charge is 0.251 e. The van der Waals surface area contributed by atoms with Gasteiger partial charge in [-0.3, -0.25) is 14.4 Å². The van der Waals surface area contributed by atoms with E-state index in [0.717, 1.165) is 32.4 Å². The summed E-state index contributed by atoms with van der Waals surface area (Å²) in [5, 5.41) is 8.89. The highest BCUT2D eigenvalue weighted by Gasteiger charge is 2.57. The van der Waals surface area contributed by atoms with E-state index < -0.39 is 5.91 Å². The highest BCUT2D eigenvalue weighted by Crippen LogP contribution is 2.58. The summed E-state index contributed by atoms with van der Waals surface area (Å²) in [4.78, 5) is 35.3. The van der Waals surface area contributed by atoms with E-state index in [1.807, 2.05) is 0 Å². The van der Waals surface area contributed by atoms with Crippen molar-refractivity contribution in [1.82, 2.24) is 10.6 Å². The van der Waals surface area contributed by atoms with E-state index >= 15 is 0 Å². The van der Waals surface area contributed by atoms with Crippen LogP contribution >= 0.6 is 0 Å². The zero-order chi connectivity index (χ0) is 17.9. The number of hydrogen-bond donors (Lipinski definition) is 4. The summed E-state index contributed by atoms with van der Waals surface area (Å²) in [5.74, 6) is -0.646. The normalized spacial score (nSPS) is 20.7. The van der Waals surface area contributed by atoms with E-state index in [0.29, 0.717) is 11.3 Å². The fourth-order valence-corrected chi connectivity index (χ4v) is 3.56. The minimum absolute atomic E-state index is 0.0354. The summed E-state index contributed by atoms with van der Waals surface area (Å²) in [6.45, 7) is 2.15. The Morgan fingerprint density at radius 1 is 1.24 bits per heavy atom. The topological polar surface area (TPSA) is 113 Å². The summed E-state index contributed by atoms with van der Waals surface area (Å²) < 4.78 is 0. The third-order valence-corrected chi connectivity index (χ3v) is 5.15. The molecule has 1 aliphatic carbocycles. The lowest BCUT2D eigenvalue weighted by molar-refractivity contribution is -0.118. The van der Waals surface area contributed by atoms with Crippen LogP contribution in [0.2, 0.25) is 0 Å². The van der Waals surface area contributed by atoms with E-state index in [9.17, 15) is 14.4 Å². The van der Waals surface area contributed by atoms with E-state index in [4.69, 9.17) is 5.73 Å². The number of nitrogens with two attached hydrogens (primary N) is 1. The molecule has 25 heavy (non-hydrogen) atoms. The molecular weight excluding hydrogens is 320 g/mol. The number of piperidine rings is 1. The number of hydrogen-bond acceptors (Lipinski definition) is 4. The fourth-order valence-electron chi connectivity index (χ4n) is 3.56. The lowest BCUT2D eigenvalue weighted by atomic mass is 9.92. The molecule has 7 nitrogen and oxygen atoms in total. The van der Waals surface area contributed by atoms with Crippen LogP contribution in [0.4, 0.5) is 5.69 Å². The Bertz CT molecular complexity index is 683. The van der Waals surface area contributed by atoms with Crippen molar-refractivity contribution in [3.8, 4) is 0 Å². The van der Waals surface area contributed by atoms with Crippen LogP contribution in [0.25, 0.3) is 0 Å². The molecule has 1 aliphatic heterocycles. The third-order valence-electron chi connectivity index (χ3n) is 5.15. The molecule has 1 unspecified atom stereocenters. The Morgan fingerprint density at radius 3 is 2.72 bits per heavy atom. The Balaban J connectivity index is 1.55. The molecule has 0 bridgehead atoms. The molecule has 1 saturated heterocycles. The third kappa shape index (κ3) is 4.17. The minimum atomic E-state index is -0.461. The molecule has 1 aromatic carbocycles. The zero-order valence-electron chi connectivity index (χ0n) is 14.1. The number of amides is 3. The Morgan fingerprint density at radius 2 is 2.00 bits per heavy atom. The Hall–Kier alpha value is -2.41. The maximum absolute atomic E-state index is 12.5. The molecule has 3 amide bonds. The number of anilines is 1. The van der Waals surface area contributed by atoms with E-state index in [2.05, 4.69) is 16.0 Å². The van der Waals surface area contributed by atoms with Gasteiger partial charge >= 0.3 is 0 Å². The molecule has 2 aliphatic rings. The fraction of sp³-hybridized carbons (Fsp3) is 0.500. The minimum Gasteiger partial charge on any atom is -0.370 e. The number of nitrogens with one attached hydrogen (secondary N) is 3. The van der Waals surface area contributed by atoms with Crippen molar-refractivity contribution in [2.75, 3.05) is 25.0 Å². The first-order chi connectivity index (χ1) is 12.0. The van der Waals surface area contributed by atoms with Crippen LogP contribution < -0.4 is 21.7 Å². The second-order valence-corrected chi connectivity index (χ2v) is 6.91. The van der Waals surface area contributed by atoms with Crippen molar-refractivity contribution in [1.29, 1.82) is 0 Å². The van der Waals surface area contributed by atoms with Crippen LogP contribution in [0.5, 0.6) is 0 Å². The van der Waals surface area contributed by atoms with Crippen LogP contribution in [-0.4, -0.2) is 37.4 Å². The Kier molecular flexibility index (Phi) is 5.03. The molecule has 5 N–H and O–H groups in total. The van der Waals surface area contributed by atoms with Gasteiger partial charge in [-0.15, -0.1) is 0 Å². The number of benzene rings is 1. The van der Waals surface area contributed by atoms with Gasteiger partial charge in [0.25, 0.3) is 5.91 Å². The molecule has 7 heteroatoms. The number of rotatable bonds is 6. The van der Waals surface area contributed by atoms with Gasteiger partial charge in [0.15, 0.2) is 0 Å². The van der Waals surface area contributed by atoms with Gasteiger partial charge in [-0.2, -0.15) is 0 Å². The van der Waals surface area contributed by atoms with Crippen LogP contribution in [0, 0.1) is 11.3 Å². The van der Waals surface area contributed by atoms with Gasteiger partial charge in [0.1, 0.15) is 0 Å². The van der Waals surface area contributed by atoms with Crippen LogP contribution in [-0.2, 0) is 9.59 Å². The van der Waals surface area contributed by atoms with Crippen LogP contribution in [0.15, 0.2) is 24.3 Å². The molecule has 1 spiro atoms. The molecule has 1 aromatic rings. The summed E-state index contributed by atoms with van der Waals surface area (Å²) in [6, 6.07) is 6.82. The molecular formula is C18H24N4O3. The molecule has 0 aromatic heterocycles. The lowest BCUT2D eigenvalue weighted by Gasteiger charge is -2.23. The predicted octanol–water partition coefficient (Wildman–Crippen LogP) is 0.620. The first kappa shape index (κ1) is 17.4. The summed E-state index contributed by atoms with van der Waals surface area (Å²) in [5.41, 5.74) is 6.28. The maximum atomic E-state index is 12.5. The van der Waals surface area contributed by atoms with Gasteiger partial charge in [0, 0.05) is 30.1 Å². The number of primary amides is 1. The van der Waals surface area contributed by atoms with E-state index in [1.165, 1.54) is 0 Å². The monoisotopic (exact) mass is 344 g/mol. The van der Waals surface area contributed by atoms with Crippen molar-refractivity contribution in [3.05, 3.63) is 29.8 Å². The predicted molar refractivity (Wildman–Crippen MR) is 93.9 cm³/mol. The molecule has 2 fully saturated rings. The van der Waals surface area contributed by atoms with Crippen LogP contribution in [0.3, 0.4) is 0 Å². The quantitative estimate of drug-likeness (QED) is 0.606. The Labute approximate surface area is 146 Å². The summed E-state index contributed by atoms with van der Waals surface area (Å²) >= 11 is 0. The SMILES string of the molecule is NC(=O)CCNC(=O)c1cccc(NC(=O)C2CC23CCNCC3)c1. The van der Waals surface area contributed by atoms with Gasteiger partial charge in [-0.05, 0) is 56.0 Å². The van der Waals surface area contributed by atoms with Crippen molar-refractivity contribution in [2.24, 2.45) is 17.1 Å². The number of carbonyl (C=O) groups excluding carboxylic acids is 3. The lowest BCUT2D eigenvalue weighted by Crippen LogP contribution is -2.31. The highest BCUT2D eigenvalue weighted by molar-refractivity contribution is 5.98. The summed E-state index contributed by atoms with van der Waals surface area (Å²) in [6.07, 6.45) is 3.15. The van der Waals surface area contributed by atoms with E-state index in [-0.39, 0.29) is 36.1 Å². The molecule has 0 radical (unpaired) electrons. The second-order valence-electron chi connectivity index (χ2n) is 6.91. The molecule has 134 valence electrons. The average Bonchev–Trinajstić information content (AvgIpc) is 3.28.